The summed E-state index contributed by atoms with van der Waals surface area (Å²) in [5.74, 6) is -1.41. The summed E-state index contributed by atoms with van der Waals surface area (Å²) in [6, 6.07) is 6.87. The first-order valence-corrected chi connectivity index (χ1v) is 6.96. The zero-order valence-electron chi connectivity index (χ0n) is 9.72. The van der Waals surface area contributed by atoms with E-state index in [2.05, 4.69) is 4.73 Å². The van der Waals surface area contributed by atoms with Gasteiger partial charge in [0.2, 0.25) is 0 Å². The molecule has 7 nitrogen and oxygen atoms in total. The Morgan fingerprint density at radius 1 is 1.42 bits per heavy atom. The molecular weight excluding hydrogens is 280 g/mol. The van der Waals surface area contributed by atoms with E-state index in [0.29, 0.717) is 5.56 Å². The molecule has 0 aromatic heterocycles. The predicted octanol–water partition coefficient (Wildman–Crippen LogP) is 1.42. The van der Waals surface area contributed by atoms with Crippen LogP contribution in [0.15, 0.2) is 30.3 Å². The van der Waals surface area contributed by atoms with Crippen LogP contribution in [0, 0.1) is 0 Å². The van der Waals surface area contributed by atoms with E-state index in [1.54, 1.807) is 30.3 Å². The Kier molecular flexibility index (Phi) is 5.59. The summed E-state index contributed by atoms with van der Waals surface area (Å²) in [5.41, 5.74) is 0.600. The quantitative estimate of drug-likeness (QED) is 0.515. The topological polar surface area (TPSA) is 107 Å². The maximum absolute atomic E-state index is 11.7. The summed E-state index contributed by atoms with van der Waals surface area (Å²) >= 11 is 0. The lowest BCUT2D eigenvalue weighted by Crippen LogP contribution is -2.41. The van der Waals surface area contributed by atoms with Crippen molar-refractivity contribution in [2.24, 2.45) is 0 Å². The van der Waals surface area contributed by atoms with Gasteiger partial charge in [-0.2, -0.15) is 5.06 Å². The number of carboxylic acid groups (broad SMARTS) is 1. The number of carbonyl (C=O) groups is 1. The molecule has 3 N–H and O–H groups in total. The molecule has 0 fully saturated rings. The second-order valence-corrected chi connectivity index (χ2v) is 5.53. The third-order valence-corrected chi connectivity index (χ3v) is 3.21. The molecule has 0 amide bonds. The van der Waals surface area contributed by atoms with Gasteiger partial charge in [-0.1, -0.05) is 30.3 Å². The van der Waals surface area contributed by atoms with E-state index < -0.39 is 25.9 Å². The third kappa shape index (κ3) is 5.06. The van der Waals surface area contributed by atoms with Gasteiger partial charge in [-0.05, 0) is 10.1 Å². The van der Waals surface area contributed by atoms with Gasteiger partial charge in [0, 0.05) is 6.42 Å². The Balaban J connectivity index is 2.78. The highest BCUT2D eigenvalue weighted by atomic mass is 31.2. The van der Waals surface area contributed by atoms with Crippen LogP contribution in [0.5, 0.6) is 0 Å². The van der Waals surface area contributed by atoms with Crippen LogP contribution in [0.25, 0.3) is 0 Å². The Bertz CT molecular complexity index is 470. The standard InChI is InChI=1S/C10H13FNO6P/c11-18-19(16,17)7-12(15)9(10(13)14)6-8-4-2-1-3-5-8/h1-5,9,15H,6-7H2,(H,13,14)(H,16,17)/t9-/m0/s1. The van der Waals surface area contributed by atoms with E-state index in [4.69, 9.17) is 10.00 Å². The summed E-state index contributed by atoms with van der Waals surface area (Å²) in [6.07, 6.45) is -1.26. The van der Waals surface area contributed by atoms with Gasteiger partial charge in [0.15, 0.2) is 0 Å². The number of carboxylic acids is 1. The highest BCUT2D eigenvalue weighted by Gasteiger charge is 2.32. The number of benzene rings is 1. The van der Waals surface area contributed by atoms with Crippen LogP contribution in [0.4, 0.5) is 4.53 Å². The molecule has 0 radical (unpaired) electrons. The Morgan fingerprint density at radius 3 is 2.47 bits per heavy atom. The van der Waals surface area contributed by atoms with Crippen molar-refractivity contribution in [3.63, 3.8) is 0 Å². The third-order valence-electron chi connectivity index (χ3n) is 2.35. The smallest absolute Gasteiger partial charge is 0.376 e. The number of halogens is 1. The van der Waals surface area contributed by atoms with Gasteiger partial charge < -0.3 is 15.2 Å². The molecule has 0 heterocycles. The van der Waals surface area contributed by atoms with Crippen molar-refractivity contribution in [1.29, 1.82) is 0 Å². The van der Waals surface area contributed by atoms with Crippen molar-refractivity contribution < 1.29 is 33.8 Å². The second kappa shape index (κ2) is 6.74. The van der Waals surface area contributed by atoms with Gasteiger partial charge in [0.25, 0.3) is 0 Å². The van der Waals surface area contributed by atoms with Crippen LogP contribution in [0.3, 0.4) is 0 Å². The van der Waals surface area contributed by atoms with E-state index in [-0.39, 0.29) is 11.5 Å². The SMILES string of the molecule is O=C(O)[C@H](Cc1ccccc1)N(O)CP(=O)(O)OF. The fraction of sp³-hybridized carbons (Fsp3) is 0.300. The van der Waals surface area contributed by atoms with Crippen molar-refractivity contribution in [1.82, 2.24) is 5.06 Å². The lowest BCUT2D eigenvalue weighted by molar-refractivity contribution is -0.166. The number of rotatable bonds is 7. The van der Waals surface area contributed by atoms with Crippen LogP contribution in [-0.4, -0.2) is 38.6 Å². The van der Waals surface area contributed by atoms with Gasteiger partial charge >= 0.3 is 13.6 Å². The van der Waals surface area contributed by atoms with Gasteiger partial charge in [-0.3, -0.25) is 9.36 Å². The normalized spacial score (nSPS) is 16.0. The summed E-state index contributed by atoms with van der Waals surface area (Å²) in [5, 5.41) is 18.5. The molecule has 1 unspecified atom stereocenters. The number of hydrogen-bond acceptors (Lipinski definition) is 5. The first-order valence-electron chi connectivity index (χ1n) is 5.20. The van der Waals surface area contributed by atoms with E-state index >= 15 is 0 Å². The molecule has 1 aromatic carbocycles. The van der Waals surface area contributed by atoms with Crippen molar-refractivity contribution in [2.75, 3.05) is 6.29 Å². The van der Waals surface area contributed by atoms with Crippen LogP contribution < -0.4 is 0 Å². The van der Waals surface area contributed by atoms with E-state index in [1.807, 2.05) is 0 Å². The van der Waals surface area contributed by atoms with Crippen LogP contribution in [-0.2, 0) is 20.5 Å². The molecule has 0 aliphatic carbocycles. The minimum absolute atomic E-state index is 0.0791. The molecular formula is C10H13FNO6P. The molecule has 0 saturated carbocycles. The fourth-order valence-corrected chi connectivity index (χ4v) is 2.07. The first-order chi connectivity index (χ1) is 8.85. The molecule has 0 spiro atoms. The van der Waals surface area contributed by atoms with Crippen molar-refractivity contribution >= 4 is 13.6 Å². The lowest BCUT2D eigenvalue weighted by Gasteiger charge is -2.23. The zero-order valence-corrected chi connectivity index (χ0v) is 10.6. The molecule has 1 rings (SSSR count). The molecule has 106 valence electrons. The zero-order chi connectivity index (χ0) is 14.5. The number of hydroxylamine groups is 2. The Morgan fingerprint density at radius 2 is 2.00 bits per heavy atom. The molecule has 0 saturated heterocycles. The molecule has 0 bridgehead atoms. The maximum atomic E-state index is 11.7. The molecule has 2 atom stereocenters. The largest absolute Gasteiger partial charge is 0.480 e. The average molecular weight is 293 g/mol. The van der Waals surface area contributed by atoms with Crippen molar-refractivity contribution in [3.8, 4) is 0 Å². The Labute approximate surface area is 108 Å². The van der Waals surface area contributed by atoms with Crippen LogP contribution >= 0.6 is 7.60 Å². The van der Waals surface area contributed by atoms with Crippen LogP contribution in [0.1, 0.15) is 5.56 Å². The summed E-state index contributed by atoms with van der Waals surface area (Å²) in [6.45, 7) is 0. The minimum Gasteiger partial charge on any atom is -0.480 e. The second-order valence-electron chi connectivity index (χ2n) is 3.83. The summed E-state index contributed by atoms with van der Waals surface area (Å²) in [7, 11) is -4.68. The van der Waals surface area contributed by atoms with E-state index in [9.17, 15) is 19.1 Å². The molecule has 1 aromatic rings. The van der Waals surface area contributed by atoms with Gasteiger partial charge in [-0.15, -0.1) is 4.73 Å². The van der Waals surface area contributed by atoms with E-state index in [0.717, 1.165) is 0 Å². The summed E-state index contributed by atoms with van der Waals surface area (Å²) in [4.78, 5) is 19.9. The first kappa shape index (κ1) is 15.7. The predicted molar refractivity (Wildman–Crippen MR) is 62.1 cm³/mol. The van der Waals surface area contributed by atoms with Gasteiger partial charge in [0.1, 0.15) is 12.3 Å². The van der Waals surface area contributed by atoms with Gasteiger partial charge in [0.05, 0.1) is 0 Å². The highest BCUT2D eigenvalue weighted by molar-refractivity contribution is 7.52. The van der Waals surface area contributed by atoms with Crippen molar-refractivity contribution in [3.05, 3.63) is 35.9 Å². The van der Waals surface area contributed by atoms with Gasteiger partial charge in [-0.25, -0.2) is 0 Å². The number of aliphatic carboxylic acids is 1. The lowest BCUT2D eigenvalue weighted by atomic mass is 10.1. The number of nitrogens with zero attached hydrogens (tertiary/aromatic N) is 1. The molecule has 0 aliphatic heterocycles. The monoisotopic (exact) mass is 293 g/mol. The number of hydrogen-bond donors (Lipinski definition) is 3. The Hall–Kier alpha value is -1.31. The molecule has 0 aliphatic rings. The fourth-order valence-electron chi connectivity index (χ4n) is 1.46. The van der Waals surface area contributed by atoms with Crippen molar-refractivity contribution in [2.45, 2.75) is 12.5 Å². The van der Waals surface area contributed by atoms with E-state index in [1.165, 1.54) is 0 Å². The van der Waals surface area contributed by atoms with Crippen LogP contribution in [0.2, 0.25) is 0 Å². The highest BCUT2D eigenvalue weighted by Crippen LogP contribution is 2.42. The summed E-state index contributed by atoms with van der Waals surface area (Å²) < 4.78 is 25.5. The molecule has 19 heavy (non-hydrogen) atoms. The maximum Gasteiger partial charge on any atom is 0.376 e. The average Bonchev–Trinajstić information content (AvgIpc) is 2.36. The minimum atomic E-state index is -4.68. The molecule has 9 heteroatoms.